The maximum absolute atomic E-state index is 13.1. The van der Waals surface area contributed by atoms with Crippen LogP contribution in [0.3, 0.4) is 0 Å². The molecule has 2 heterocycles. The molecule has 4 rings (SSSR count). The molecule has 0 bridgehead atoms. The van der Waals surface area contributed by atoms with E-state index in [-0.39, 0.29) is 6.42 Å². The zero-order chi connectivity index (χ0) is 17.6. The first-order valence-corrected chi connectivity index (χ1v) is 8.34. The maximum Gasteiger partial charge on any atom is 0.273 e. The average Bonchev–Trinajstić information content (AvgIpc) is 3.12. The van der Waals surface area contributed by atoms with Crippen LogP contribution in [0.2, 0.25) is 0 Å². The monoisotopic (exact) mass is 402 g/mol. The van der Waals surface area contributed by atoms with E-state index in [0.29, 0.717) is 11.4 Å². The number of halogens is 2. The third-order valence-electron chi connectivity index (χ3n) is 4.19. The molecule has 2 aromatic carbocycles. The number of nitrogens with one attached hydrogen (secondary N) is 1. The lowest BCUT2D eigenvalue weighted by Gasteiger charge is -2.18. The Morgan fingerprint density at radius 3 is 2.44 bits per heavy atom. The Morgan fingerprint density at radius 1 is 1.08 bits per heavy atom. The molecule has 2 amide bonds. The molecule has 2 aliphatic rings. The highest BCUT2D eigenvalue weighted by atomic mass is 79.9. The first-order chi connectivity index (χ1) is 12.0. The zero-order valence-corrected chi connectivity index (χ0v) is 14.4. The number of carbonyl (C=O) groups excluding carboxylic acids is 2. The van der Waals surface area contributed by atoms with Crippen molar-refractivity contribution in [2.24, 2.45) is 0 Å². The van der Waals surface area contributed by atoms with E-state index in [9.17, 15) is 14.0 Å². The van der Waals surface area contributed by atoms with Gasteiger partial charge in [-0.25, -0.2) is 9.29 Å². The Bertz CT molecular complexity index is 896. The SMILES string of the molecule is O=C1C[C@]2(C=C(c3ccc(Br)cc3)NO2)C(=O)N1c1ccc(F)cc1. The van der Waals surface area contributed by atoms with E-state index in [1.807, 2.05) is 24.3 Å². The summed E-state index contributed by atoms with van der Waals surface area (Å²) in [6.45, 7) is 0. The Hall–Kier alpha value is -2.51. The van der Waals surface area contributed by atoms with Gasteiger partial charge >= 0.3 is 0 Å². The fraction of sp³-hybridized carbons (Fsp3) is 0.111. The standard InChI is InChI=1S/C18H12BrFN2O3/c19-12-3-1-11(2-4-12)15-9-18(25-21-15)10-16(23)22(17(18)24)14-7-5-13(20)6-8-14/h1-9,21H,10H2/t18-/m1/s1. The number of nitrogens with zero attached hydrogens (tertiary/aromatic N) is 1. The molecule has 2 aromatic rings. The minimum Gasteiger partial charge on any atom is -0.274 e. The average molecular weight is 403 g/mol. The second-order valence-electron chi connectivity index (χ2n) is 5.85. The molecule has 1 N–H and O–H groups in total. The highest BCUT2D eigenvalue weighted by molar-refractivity contribution is 9.10. The molecular weight excluding hydrogens is 391 g/mol. The predicted octanol–water partition coefficient (Wildman–Crippen LogP) is 3.17. The van der Waals surface area contributed by atoms with Gasteiger partial charge in [-0.05, 0) is 48.0 Å². The third-order valence-corrected chi connectivity index (χ3v) is 4.72. The van der Waals surface area contributed by atoms with Crippen LogP contribution in [0.25, 0.3) is 5.70 Å². The predicted molar refractivity (Wildman–Crippen MR) is 92.6 cm³/mol. The lowest BCUT2D eigenvalue weighted by atomic mass is 9.99. The maximum atomic E-state index is 13.1. The summed E-state index contributed by atoms with van der Waals surface area (Å²) < 4.78 is 14.0. The van der Waals surface area contributed by atoms with Crippen molar-refractivity contribution in [3.05, 3.63) is 70.5 Å². The van der Waals surface area contributed by atoms with Gasteiger partial charge in [-0.3, -0.25) is 19.9 Å². The number of hydrogen-bond donors (Lipinski definition) is 1. The van der Waals surface area contributed by atoms with Gasteiger partial charge < -0.3 is 0 Å². The van der Waals surface area contributed by atoms with Crippen molar-refractivity contribution >= 4 is 39.1 Å². The highest BCUT2D eigenvalue weighted by Gasteiger charge is 2.55. The summed E-state index contributed by atoms with van der Waals surface area (Å²) in [6.07, 6.45) is 1.51. The summed E-state index contributed by atoms with van der Waals surface area (Å²) in [5.74, 6) is -1.33. The quantitative estimate of drug-likeness (QED) is 0.783. The van der Waals surface area contributed by atoms with Gasteiger partial charge in [0.1, 0.15) is 5.82 Å². The van der Waals surface area contributed by atoms with Gasteiger partial charge in [0.15, 0.2) is 0 Å². The van der Waals surface area contributed by atoms with Crippen molar-refractivity contribution < 1.29 is 18.8 Å². The number of amides is 2. The van der Waals surface area contributed by atoms with Gasteiger partial charge in [0, 0.05) is 4.47 Å². The van der Waals surface area contributed by atoms with Gasteiger partial charge in [-0.1, -0.05) is 28.1 Å². The van der Waals surface area contributed by atoms with Crippen molar-refractivity contribution in [3.63, 3.8) is 0 Å². The fourth-order valence-electron chi connectivity index (χ4n) is 2.94. The van der Waals surface area contributed by atoms with E-state index in [2.05, 4.69) is 21.4 Å². The molecule has 0 saturated carbocycles. The molecule has 1 spiro atoms. The van der Waals surface area contributed by atoms with Gasteiger partial charge in [-0.15, -0.1) is 0 Å². The largest absolute Gasteiger partial charge is 0.274 e. The van der Waals surface area contributed by atoms with Crippen LogP contribution in [0.5, 0.6) is 0 Å². The first kappa shape index (κ1) is 16.0. The summed E-state index contributed by atoms with van der Waals surface area (Å²) in [5, 5.41) is 0. The molecule has 5 nitrogen and oxygen atoms in total. The summed E-state index contributed by atoms with van der Waals surface area (Å²) in [6, 6.07) is 12.7. The topological polar surface area (TPSA) is 58.6 Å². The molecule has 0 unspecified atom stereocenters. The van der Waals surface area contributed by atoms with E-state index in [4.69, 9.17) is 4.84 Å². The van der Waals surface area contributed by atoms with Crippen LogP contribution in [0.4, 0.5) is 10.1 Å². The Balaban J connectivity index is 1.67. The number of anilines is 1. The number of benzene rings is 2. The minimum absolute atomic E-state index is 0.115. The van der Waals surface area contributed by atoms with E-state index in [0.717, 1.165) is 14.9 Å². The zero-order valence-electron chi connectivity index (χ0n) is 12.8. The number of rotatable bonds is 2. The van der Waals surface area contributed by atoms with Gasteiger partial charge in [0.25, 0.3) is 5.91 Å². The van der Waals surface area contributed by atoms with Crippen molar-refractivity contribution in [1.82, 2.24) is 5.48 Å². The molecule has 1 atom stereocenters. The summed E-state index contributed by atoms with van der Waals surface area (Å²) in [7, 11) is 0. The number of carbonyl (C=O) groups is 2. The van der Waals surface area contributed by atoms with Crippen LogP contribution >= 0.6 is 15.9 Å². The number of hydroxylamine groups is 1. The summed E-state index contributed by atoms with van der Waals surface area (Å²) in [5.41, 5.74) is 3.14. The Labute approximate surface area is 151 Å². The van der Waals surface area contributed by atoms with E-state index in [1.54, 1.807) is 6.08 Å². The van der Waals surface area contributed by atoms with Crippen molar-refractivity contribution in [1.29, 1.82) is 0 Å². The van der Waals surface area contributed by atoms with E-state index < -0.39 is 23.2 Å². The van der Waals surface area contributed by atoms with Gasteiger partial charge in [0.05, 0.1) is 17.8 Å². The van der Waals surface area contributed by atoms with E-state index >= 15 is 0 Å². The molecule has 0 radical (unpaired) electrons. The highest BCUT2D eigenvalue weighted by Crippen LogP contribution is 2.38. The molecule has 1 fully saturated rings. The minimum atomic E-state index is -1.38. The van der Waals surface area contributed by atoms with Crippen LogP contribution < -0.4 is 10.4 Å². The third kappa shape index (κ3) is 2.65. The fourth-order valence-corrected chi connectivity index (χ4v) is 3.20. The summed E-state index contributed by atoms with van der Waals surface area (Å²) in [4.78, 5) is 31.8. The molecule has 25 heavy (non-hydrogen) atoms. The molecule has 7 heteroatoms. The molecule has 2 aliphatic heterocycles. The molecule has 1 saturated heterocycles. The molecule has 126 valence electrons. The molecule has 0 aliphatic carbocycles. The second kappa shape index (κ2) is 5.79. The lowest BCUT2D eigenvalue weighted by Crippen LogP contribution is -2.40. The van der Waals surface area contributed by atoms with Crippen LogP contribution in [0.15, 0.2) is 59.1 Å². The van der Waals surface area contributed by atoms with Crippen LogP contribution in [0, 0.1) is 5.82 Å². The Morgan fingerprint density at radius 2 is 1.76 bits per heavy atom. The molecule has 0 aromatic heterocycles. The molecular formula is C18H12BrFN2O3. The van der Waals surface area contributed by atoms with Crippen molar-refractivity contribution in [3.8, 4) is 0 Å². The van der Waals surface area contributed by atoms with Crippen molar-refractivity contribution in [2.75, 3.05) is 4.90 Å². The lowest BCUT2D eigenvalue weighted by molar-refractivity contribution is -0.136. The van der Waals surface area contributed by atoms with Crippen LogP contribution in [0.1, 0.15) is 12.0 Å². The second-order valence-corrected chi connectivity index (χ2v) is 6.76. The first-order valence-electron chi connectivity index (χ1n) is 7.54. The normalized spacial score (nSPS) is 22.5. The van der Waals surface area contributed by atoms with Gasteiger partial charge in [-0.2, -0.15) is 0 Å². The Kier molecular flexibility index (Phi) is 3.70. The summed E-state index contributed by atoms with van der Waals surface area (Å²) >= 11 is 3.37. The van der Waals surface area contributed by atoms with Crippen LogP contribution in [-0.4, -0.2) is 17.4 Å². The number of hydrogen-bond acceptors (Lipinski definition) is 4. The van der Waals surface area contributed by atoms with Crippen LogP contribution in [-0.2, 0) is 14.4 Å². The van der Waals surface area contributed by atoms with Gasteiger partial charge in [0.2, 0.25) is 11.5 Å². The smallest absolute Gasteiger partial charge is 0.273 e. The van der Waals surface area contributed by atoms with E-state index in [1.165, 1.54) is 24.3 Å². The number of imide groups is 1. The van der Waals surface area contributed by atoms with Crippen molar-refractivity contribution in [2.45, 2.75) is 12.0 Å².